The topological polar surface area (TPSA) is 59.4 Å². The van der Waals surface area contributed by atoms with Crippen LogP contribution in [0.4, 0.5) is 5.69 Å². The van der Waals surface area contributed by atoms with Crippen LogP contribution in [-0.2, 0) is 4.79 Å². The van der Waals surface area contributed by atoms with E-state index in [1.165, 1.54) is 16.8 Å². The highest BCUT2D eigenvalue weighted by Gasteiger charge is 2.18. The largest absolute Gasteiger partial charge is 0.373 e. The maximum absolute atomic E-state index is 11.9. The van der Waals surface area contributed by atoms with Crippen molar-refractivity contribution in [2.45, 2.75) is 27.2 Å². The van der Waals surface area contributed by atoms with Gasteiger partial charge in [-0.15, -0.1) is 0 Å². The Morgan fingerprint density at radius 1 is 1.29 bits per heavy atom. The molecular weight excluding hydrogens is 300 g/mol. The summed E-state index contributed by atoms with van der Waals surface area (Å²) in [6.07, 6.45) is 2.56. The number of aryl methyl sites for hydroxylation is 1. The third-order valence-corrected chi connectivity index (χ3v) is 4.44. The molecule has 0 unspecified atom stereocenters. The average molecular weight is 326 g/mol. The van der Waals surface area contributed by atoms with Gasteiger partial charge >= 0.3 is 0 Å². The highest BCUT2D eigenvalue weighted by Crippen LogP contribution is 2.23. The monoisotopic (exact) mass is 326 g/mol. The third kappa shape index (κ3) is 4.29. The fraction of sp³-hybridized carbons (Fsp3) is 0.474. The van der Waals surface area contributed by atoms with E-state index >= 15 is 0 Å². The molecule has 1 N–H and O–H groups in total. The highest BCUT2D eigenvalue weighted by atomic mass is 16.1. The fourth-order valence-electron chi connectivity index (χ4n) is 2.82. The van der Waals surface area contributed by atoms with Crippen molar-refractivity contribution < 1.29 is 4.79 Å². The molecule has 0 aliphatic carbocycles. The minimum absolute atomic E-state index is 0.184. The molecule has 24 heavy (non-hydrogen) atoms. The first-order valence-corrected chi connectivity index (χ1v) is 8.52. The molecule has 1 aliphatic heterocycles. The molecule has 0 aromatic heterocycles. The van der Waals surface area contributed by atoms with Gasteiger partial charge in [0.1, 0.15) is 11.6 Å². The highest BCUT2D eigenvalue weighted by molar-refractivity contribution is 5.97. The lowest BCUT2D eigenvalue weighted by Crippen LogP contribution is -2.44. The molecule has 1 saturated heterocycles. The van der Waals surface area contributed by atoms with E-state index in [0.29, 0.717) is 6.54 Å². The molecular formula is C19H26N4O. The first kappa shape index (κ1) is 17.9. The van der Waals surface area contributed by atoms with Gasteiger partial charge in [-0.05, 0) is 37.5 Å². The van der Waals surface area contributed by atoms with Gasteiger partial charge in [0.05, 0.1) is 0 Å². The summed E-state index contributed by atoms with van der Waals surface area (Å²) in [5, 5.41) is 12.0. The summed E-state index contributed by atoms with van der Waals surface area (Å²) in [5.74, 6) is -0.281. The Bertz CT molecular complexity index is 652. The standard InChI is InChI=1S/C19H26N4O/c1-4-8-21-19(24)17(13-20)14-22-9-11-23(12-10-22)18-7-5-6-15(2)16(18)3/h5-7,14H,4,8-12H2,1-3H3,(H,21,24)/b17-14-. The molecule has 0 radical (unpaired) electrons. The SMILES string of the molecule is CCCNC(=O)/C(C#N)=C\N1CCN(c2cccc(C)c2C)CC1. The Kier molecular flexibility index (Phi) is 6.25. The number of amides is 1. The minimum Gasteiger partial charge on any atom is -0.373 e. The second-order valence-corrected chi connectivity index (χ2v) is 6.15. The maximum Gasteiger partial charge on any atom is 0.263 e. The van der Waals surface area contributed by atoms with Crippen molar-refractivity contribution >= 4 is 11.6 Å². The van der Waals surface area contributed by atoms with Gasteiger partial charge in [-0.25, -0.2) is 0 Å². The predicted molar refractivity (Wildman–Crippen MR) is 96.7 cm³/mol. The van der Waals surface area contributed by atoms with Gasteiger partial charge in [-0.2, -0.15) is 5.26 Å². The molecule has 5 nitrogen and oxygen atoms in total. The minimum atomic E-state index is -0.281. The van der Waals surface area contributed by atoms with Crippen molar-refractivity contribution in [2.75, 3.05) is 37.6 Å². The van der Waals surface area contributed by atoms with Gasteiger partial charge < -0.3 is 15.1 Å². The van der Waals surface area contributed by atoms with Crippen molar-refractivity contribution in [1.82, 2.24) is 10.2 Å². The zero-order valence-corrected chi connectivity index (χ0v) is 14.8. The third-order valence-electron chi connectivity index (χ3n) is 4.44. The smallest absolute Gasteiger partial charge is 0.263 e. The molecule has 0 atom stereocenters. The molecule has 1 aromatic rings. The van der Waals surface area contributed by atoms with Crippen LogP contribution in [0.5, 0.6) is 0 Å². The molecule has 1 aromatic carbocycles. The second kappa shape index (κ2) is 8.39. The number of carbonyl (C=O) groups excluding carboxylic acids is 1. The van der Waals surface area contributed by atoms with Gasteiger partial charge in [0, 0.05) is 44.6 Å². The summed E-state index contributed by atoms with van der Waals surface area (Å²) in [5.41, 5.74) is 4.08. The number of benzene rings is 1. The lowest BCUT2D eigenvalue weighted by atomic mass is 10.1. The van der Waals surface area contributed by atoms with E-state index in [1.54, 1.807) is 6.20 Å². The van der Waals surface area contributed by atoms with Crippen LogP contribution in [0.3, 0.4) is 0 Å². The Morgan fingerprint density at radius 3 is 2.62 bits per heavy atom. The zero-order valence-electron chi connectivity index (χ0n) is 14.8. The average Bonchev–Trinajstić information content (AvgIpc) is 2.60. The Morgan fingerprint density at radius 2 is 2.00 bits per heavy atom. The normalized spacial score (nSPS) is 15.2. The number of nitrogens with zero attached hydrogens (tertiary/aromatic N) is 3. The Balaban J connectivity index is 1.99. The van der Waals surface area contributed by atoms with Crippen molar-refractivity contribution in [1.29, 1.82) is 5.26 Å². The molecule has 1 fully saturated rings. The zero-order chi connectivity index (χ0) is 17.5. The van der Waals surface area contributed by atoms with Crippen LogP contribution in [-0.4, -0.2) is 43.5 Å². The number of piperazine rings is 1. The van der Waals surface area contributed by atoms with Crippen LogP contribution in [0.1, 0.15) is 24.5 Å². The van der Waals surface area contributed by atoms with E-state index in [4.69, 9.17) is 0 Å². The number of nitriles is 1. The summed E-state index contributed by atoms with van der Waals surface area (Å²) >= 11 is 0. The number of hydrogen-bond acceptors (Lipinski definition) is 4. The van der Waals surface area contributed by atoms with Gasteiger partial charge in [0.15, 0.2) is 0 Å². The lowest BCUT2D eigenvalue weighted by Gasteiger charge is -2.36. The van der Waals surface area contributed by atoms with Crippen LogP contribution >= 0.6 is 0 Å². The molecule has 0 bridgehead atoms. The molecule has 0 saturated carbocycles. The molecule has 2 rings (SSSR count). The number of hydrogen-bond donors (Lipinski definition) is 1. The van der Waals surface area contributed by atoms with E-state index in [1.807, 2.05) is 13.0 Å². The summed E-state index contributed by atoms with van der Waals surface area (Å²) < 4.78 is 0. The molecule has 1 aliphatic rings. The molecule has 0 spiro atoms. The maximum atomic E-state index is 11.9. The van der Waals surface area contributed by atoms with Crippen LogP contribution in [0.25, 0.3) is 0 Å². The Labute approximate surface area is 144 Å². The van der Waals surface area contributed by atoms with Gasteiger partial charge in [-0.1, -0.05) is 19.1 Å². The molecule has 1 heterocycles. The van der Waals surface area contributed by atoms with Crippen LogP contribution in [0.2, 0.25) is 0 Å². The molecule has 128 valence electrons. The molecule has 1 amide bonds. The number of anilines is 1. The summed E-state index contributed by atoms with van der Waals surface area (Å²) in [6, 6.07) is 8.39. The lowest BCUT2D eigenvalue weighted by molar-refractivity contribution is -0.117. The van der Waals surface area contributed by atoms with Crippen LogP contribution < -0.4 is 10.2 Å². The van der Waals surface area contributed by atoms with Crippen LogP contribution in [0, 0.1) is 25.2 Å². The van der Waals surface area contributed by atoms with Gasteiger partial charge in [0.2, 0.25) is 0 Å². The first-order valence-electron chi connectivity index (χ1n) is 8.52. The number of nitrogens with one attached hydrogen (secondary N) is 1. The first-order chi connectivity index (χ1) is 11.6. The Hall–Kier alpha value is -2.48. The predicted octanol–water partition coefficient (Wildman–Crippen LogP) is 2.36. The molecule has 5 heteroatoms. The van der Waals surface area contributed by atoms with Gasteiger partial charge in [0.25, 0.3) is 5.91 Å². The van der Waals surface area contributed by atoms with E-state index < -0.39 is 0 Å². The summed E-state index contributed by atoms with van der Waals surface area (Å²) in [7, 11) is 0. The van der Waals surface area contributed by atoms with Gasteiger partial charge in [-0.3, -0.25) is 4.79 Å². The van der Waals surface area contributed by atoms with E-state index in [-0.39, 0.29) is 11.5 Å². The van der Waals surface area contributed by atoms with Crippen LogP contribution in [0.15, 0.2) is 30.0 Å². The van der Waals surface area contributed by atoms with Crippen molar-refractivity contribution in [3.63, 3.8) is 0 Å². The quantitative estimate of drug-likeness (QED) is 0.666. The number of rotatable bonds is 5. The second-order valence-electron chi connectivity index (χ2n) is 6.15. The van der Waals surface area contributed by atoms with E-state index in [2.05, 4.69) is 47.2 Å². The fourth-order valence-corrected chi connectivity index (χ4v) is 2.82. The summed E-state index contributed by atoms with van der Waals surface area (Å²) in [4.78, 5) is 16.4. The van der Waals surface area contributed by atoms with E-state index in [0.717, 1.165) is 32.6 Å². The number of carbonyl (C=O) groups is 1. The summed E-state index contributed by atoms with van der Waals surface area (Å²) in [6.45, 7) is 10.3. The van der Waals surface area contributed by atoms with E-state index in [9.17, 15) is 10.1 Å². The van der Waals surface area contributed by atoms with Crippen molar-refractivity contribution in [3.05, 3.63) is 41.1 Å². The van der Waals surface area contributed by atoms with Crippen molar-refractivity contribution in [2.24, 2.45) is 0 Å². The van der Waals surface area contributed by atoms with Crippen molar-refractivity contribution in [3.8, 4) is 6.07 Å².